The Kier molecular flexibility index (Phi) is 3.13. The van der Waals surface area contributed by atoms with E-state index in [4.69, 9.17) is 16.3 Å². The minimum Gasteiger partial charge on any atom is -0.489 e. The molecule has 1 aromatic rings. The van der Waals surface area contributed by atoms with Gasteiger partial charge in [-0.05, 0) is 25.5 Å². The van der Waals surface area contributed by atoms with Crippen LogP contribution in [-0.4, -0.2) is 18.6 Å². The minimum absolute atomic E-state index is 0.0185. The topological polar surface area (TPSA) is 38.3 Å². The highest BCUT2D eigenvalue weighted by molar-refractivity contribution is 9.10. The number of amides is 1. The van der Waals surface area contributed by atoms with Crippen molar-refractivity contribution in [3.63, 3.8) is 0 Å². The summed E-state index contributed by atoms with van der Waals surface area (Å²) >= 11 is 9.54. The fourth-order valence-corrected chi connectivity index (χ4v) is 2.35. The maximum absolute atomic E-state index is 11.9. The Morgan fingerprint density at radius 1 is 1.62 bits per heavy atom. The smallest absolute Gasteiger partial charge is 0.255 e. The number of hydrogen-bond acceptors (Lipinski definition) is 2. The molecule has 2 rings (SSSR count). The van der Waals surface area contributed by atoms with Gasteiger partial charge in [0.25, 0.3) is 5.91 Å². The summed E-state index contributed by atoms with van der Waals surface area (Å²) in [6.07, 6.45) is 0. The van der Waals surface area contributed by atoms with Crippen molar-refractivity contribution in [3.8, 4) is 5.75 Å². The van der Waals surface area contributed by atoms with Crippen LogP contribution < -0.4 is 10.1 Å². The molecule has 5 heteroatoms. The van der Waals surface area contributed by atoms with Gasteiger partial charge in [0.05, 0.1) is 16.6 Å². The minimum atomic E-state index is -0.150. The molecule has 1 aromatic carbocycles. The van der Waals surface area contributed by atoms with Crippen LogP contribution >= 0.6 is 27.5 Å². The lowest BCUT2D eigenvalue weighted by molar-refractivity contribution is 0.0942. The Bertz CT molecular complexity index is 462. The van der Waals surface area contributed by atoms with Crippen molar-refractivity contribution in [2.45, 2.75) is 19.9 Å². The Morgan fingerprint density at radius 2 is 2.31 bits per heavy atom. The van der Waals surface area contributed by atoms with Crippen LogP contribution in [0.3, 0.4) is 0 Å². The van der Waals surface area contributed by atoms with E-state index in [0.29, 0.717) is 22.9 Å². The molecule has 0 unspecified atom stereocenters. The second kappa shape index (κ2) is 4.26. The summed E-state index contributed by atoms with van der Waals surface area (Å²) in [6, 6.07) is 1.72. The fourth-order valence-electron chi connectivity index (χ4n) is 1.56. The van der Waals surface area contributed by atoms with Crippen LogP contribution in [0.15, 0.2) is 10.5 Å². The van der Waals surface area contributed by atoms with Crippen molar-refractivity contribution < 1.29 is 9.53 Å². The zero-order valence-corrected chi connectivity index (χ0v) is 11.3. The number of nitrogens with one attached hydrogen (secondary N) is 1. The molecule has 0 fully saturated rings. The summed E-state index contributed by atoms with van der Waals surface area (Å²) in [5.74, 6) is 0.326. The van der Waals surface area contributed by atoms with Crippen molar-refractivity contribution in [3.05, 3.63) is 26.7 Å². The molecule has 1 aliphatic heterocycles. The van der Waals surface area contributed by atoms with Gasteiger partial charge >= 0.3 is 0 Å². The van der Waals surface area contributed by atoms with Crippen LogP contribution in [-0.2, 0) is 0 Å². The number of carbonyl (C=O) groups is 1. The van der Waals surface area contributed by atoms with Gasteiger partial charge in [0.2, 0.25) is 0 Å². The molecule has 0 radical (unpaired) electrons. The van der Waals surface area contributed by atoms with Crippen LogP contribution in [0, 0.1) is 6.92 Å². The second-order valence-electron chi connectivity index (χ2n) is 3.86. The molecule has 1 atom stereocenters. The summed E-state index contributed by atoms with van der Waals surface area (Å²) in [4.78, 5) is 11.9. The van der Waals surface area contributed by atoms with Gasteiger partial charge in [0.15, 0.2) is 5.75 Å². The molecule has 0 spiro atoms. The Morgan fingerprint density at radius 3 is 3.00 bits per heavy atom. The largest absolute Gasteiger partial charge is 0.489 e. The van der Waals surface area contributed by atoms with E-state index in [0.717, 1.165) is 10.0 Å². The molecule has 16 heavy (non-hydrogen) atoms. The summed E-state index contributed by atoms with van der Waals surface area (Å²) in [6.45, 7) is 4.20. The number of carbonyl (C=O) groups excluding carboxylic acids is 1. The quantitative estimate of drug-likeness (QED) is 0.800. The molecule has 1 N–H and O–H groups in total. The van der Waals surface area contributed by atoms with Crippen LogP contribution in [0.1, 0.15) is 22.8 Å². The van der Waals surface area contributed by atoms with Gasteiger partial charge < -0.3 is 10.1 Å². The predicted molar refractivity (Wildman–Crippen MR) is 66.3 cm³/mol. The molecule has 86 valence electrons. The average molecular weight is 305 g/mol. The number of benzene rings is 1. The van der Waals surface area contributed by atoms with E-state index in [1.54, 1.807) is 6.07 Å². The first kappa shape index (κ1) is 11.7. The maximum Gasteiger partial charge on any atom is 0.255 e. The molecule has 0 saturated carbocycles. The number of rotatable bonds is 0. The summed E-state index contributed by atoms with van der Waals surface area (Å²) < 4.78 is 6.37. The monoisotopic (exact) mass is 303 g/mol. The van der Waals surface area contributed by atoms with Crippen LogP contribution in [0.5, 0.6) is 5.75 Å². The van der Waals surface area contributed by atoms with Gasteiger partial charge in [-0.1, -0.05) is 27.5 Å². The standard InChI is InChI=1S/C11H11BrClNO2/c1-5-4-16-10-7(11(15)14-5)3-8(12)6(2)9(10)13/h3,5H,4H2,1-2H3,(H,14,15)/t5-/m0/s1. The maximum atomic E-state index is 11.9. The van der Waals surface area contributed by atoms with Gasteiger partial charge in [-0.15, -0.1) is 0 Å². The number of halogens is 2. The molecule has 1 amide bonds. The van der Waals surface area contributed by atoms with E-state index in [9.17, 15) is 4.79 Å². The highest BCUT2D eigenvalue weighted by Gasteiger charge is 2.24. The van der Waals surface area contributed by atoms with Crippen LogP contribution in [0.2, 0.25) is 5.02 Å². The summed E-state index contributed by atoms with van der Waals surface area (Å²) in [5, 5.41) is 3.32. The third kappa shape index (κ3) is 1.92. The van der Waals surface area contributed by atoms with Gasteiger partial charge in [-0.3, -0.25) is 4.79 Å². The number of fused-ring (bicyclic) bond motifs is 1. The van der Waals surface area contributed by atoms with E-state index in [-0.39, 0.29) is 11.9 Å². The van der Waals surface area contributed by atoms with Crippen molar-refractivity contribution in [2.24, 2.45) is 0 Å². The molecule has 1 aliphatic rings. The number of hydrogen-bond donors (Lipinski definition) is 1. The lowest BCUT2D eigenvalue weighted by Crippen LogP contribution is -2.33. The molecule has 3 nitrogen and oxygen atoms in total. The Balaban J connectivity index is 2.60. The molecule has 0 aliphatic carbocycles. The van der Waals surface area contributed by atoms with Gasteiger partial charge in [0.1, 0.15) is 6.61 Å². The van der Waals surface area contributed by atoms with E-state index in [2.05, 4.69) is 21.2 Å². The number of ether oxygens (including phenoxy) is 1. The molecule has 0 aromatic heterocycles. The van der Waals surface area contributed by atoms with E-state index in [1.807, 2.05) is 13.8 Å². The van der Waals surface area contributed by atoms with Crippen molar-refractivity contribution in [1.29, 1.82) is 0 Å². The lowest BCUT2D eigenvalue weighted by Gasteiger charge is -2.11. The van der Waals surface area contributed by atoms with Crippen LogP contribution in [0.4, 0.5) is 0 Å². The third-order valence-electron chi connectivity index (χ3n) is 2.50. The molecule has 0 saturated heterocycles. The zero-order chi connectivity index (χ0) is 11.9. The first-order valence-corrected chi connectivity index (χ1v) is 6.10. The molecule has 0 bridgehead atoms. The van der Waals surface area contributed by atoms with Gasteiger partial charge in [-0.2, -0.15) is 0 Å². The third-order valence-corrected chi connectivity index (χ3v) is 3.78. The van der Waals surface area contributed by atoms with Crippen molar-refractivity contribution in [1.82, 2.24) is 5.32 Å². The first-order valence-electron chi connectivity index (χ1n) is 4.93. The Labute approximate surface area is 107 Å². The van der Waals surface area contributed by atoms with E-state index >= 15 is 0 Å². The highest BCUT2D eigenvalue weighted by atomic mass is 79.9. The average Bonchev–Trinajstić information content (AvgIpc) is 2.36. The lowest BCUT2D eigenvalue weighted by atomic mass is 10.1. The summed E-state index contributed by atoms with van der Waals surface area (Å²) in [7, 11) is 0. The second-order valence-corrected chi connectivity index (χ2v) is 5.09. The van der Waals surface area contributed by atoms with Crippen molar-refractivity contribution >= 4 is 33.4 Å². The summed E-state index contributed by atoms with van der Waals surface area (Å²) in [5.41, 5.74) is 1.36. The van der Waals surface area contributed by atoms with Gasteiger partial charge in [-0.25, -0.2) is 0 Å². The SMILES string of the molecule is Cc1c(Br)cc2c(c1Cl)OC[C@H](C)NC2=O. The van der Waals surface area contributed by atoms with E-state index < -0.39 is 0 Å². The zero-order valence-electron chi connectivity index (χ0n) is 8.93. The first-order chi connectivity index (χ1) is 7.50. The van der Waals surface area contributed by atoms with Gasteiger partial charge in [0, 0.05) is 4.47 Å². The van der Waals surface area contributed by atoms with E-state index in [1.165, 1.54) is 0 Å². The normalized spacial score (nSPS) is 19.5. The molecule has 1 heterocycles. The predicted octanol–water partition coefficient (Wildman–Crippen LogP) is 2.92. The molecular weight excluding hydrogens is 293 g/mol. The van der Waals surface area contributed by atoms with Crippen molar-refractivity contribution in [2.75, 3.05) is 6.61 Å². The van der Waals surface area contributed by atoms with Crippen LogP contribution in [0.25, 0.3) is 0 Å². The molecular formula is C11H11BrClNO2. The Hall–Kier alpha value is -0.740. The fraction of sp³-hybridized carbons (Fsp3) is 0.364. The highest BCUT2D eigenvalue weighted by Crippen LogP contribution is 2.37.